The summed E-state index contributed by atoms with van der Waals surface area (Å²) in [6.45, 7) is 3.93. The van der Waals surface area contributed by atoms with Crippen LogP contribution in [0, 0.1) is 19.7 Å². The molecule has 0 heterocycles. The minimum absolute atomic E-state index is 0.159. The normalized spacial score (nSPS) is 12.4. The molecule has 0 bridgehead atoms. The minimum atomic E-state index is -0.159. The molecule has 0 aliphatic rings. The van der Waals surface area contributed by atoms with Crippen LogP contribution in [0.2, 0.25) is 0 Å². The van der Waals surface area contributed by atoms with Crippen molar-refractivity contribution in [3.05, 3.63) is 70.5 Å². The van der Waals surface area contributed by atoms with E-state index in [4.69, 9.17) is 0 Å². The number of hydrogen-bond donors (Lipinski definition) is 0. The van der Waals surface area contributed by atoms with Gasteiger partial charge < -0.3 is 0 Å². The molecule has 0 aliphatic heterocycles. The van der Waals surface area contributed by atoms with Gasteiger partial charge in [-0.15, -0.1) is 0 Å². The van der Waals surface area contributed by atoms with Crippen LogP contribution in [0.4, 0.5) is 4.39 Å². The zero-order chi connectivity index (χ0) is 13.1. The van der Waals surface area contributed by atoms with Crippen molar-refractivity contribution in [3.8, 4) is 0 Å². The van der Waals surface area contributed by atoms with Crippen LogP contribution in [0.25, 0.3) is 0 Å². The summed E-state index contributed by atoms with van der Waals surface area (Å²) in [7, 11) is 0. The fourth-order valence-electron chi connectivity index (χ4n) is 2.34. The molecule has 1 unspecified atom stereocenters. The van der Waals surface area contributed by atoms with Gasteiger partial charge in [0.05, 0.1) is 0 Å². The van der Waals surface area contributed by atoms with E-state index in [-0.39, 0.29) is 10.6 Å². The number of halogens is 2. The molecule has 0 saturated heterocycles. The van der Waals surface area contributed by atoms with Gasteiger partial charge in [0.15, 0.2) is 0 Å². The van der Waals surface area contributed by atoms with Crippen molar-refractivity contribution in [3.63, 3.8) is 0 Å². The van der Waals surface area contributed by atoms with Crippen molar-refractivity contribution < 1.29 is 4.39 Å². The van der Waals surface area contributed by atoms with Crippen LogP contribution in [0.3, 0.4) is 0 Å². The molecule has 0 saturated carbocycles. The van der Waals surface area contributed by atoms with Crippen molar-refractivity contribution in [2.75, 3.05) is 0 Å². The van der Waals surface area contributed by atoms with E-state index in [0.717, 1.165) is 17.5 Å². The largest absolute Gasteiger partial charge is 0.207 e. The van der Waals surface area contributed by atoms with Gasteiger partial charge in [-0.25, -0.2) is 4.39 Å². The zero-order valence-corrected chi connectivity index (χ0v) is 12.2. The van der Waals surface area contributed by atoms with E-state index in [9.17, 15) is 4.39 Å². The molecule has 0 fully saturated rings. The highest BCUT2D eigenvalue weighted by molar-refractivity contribution is 9.09. The van der Waals surface area contributed by atoms with Gasteiger partial charge in [0.1, 0.15) is 5.82 Å². The number of aryl methyl sites for hydroxylation is 2. The van der Waals surface area contributed by atoms with Crippen LogP contribution < -0.4 is 0 Å². The van der Waals surface area contributed by atoms with Crippen LogP contribution in [0.1, 0.15) is 27.1 Å². The van der Waals surface area contributed by atoms with Crippen LogP contribution in [-0.2, 0) is 6.42 Å². The molecule has 0 aliphatic carbocycles. The summed E-state index contributed by atoms with van der Waals surface area (Å²) < 4.78 is 13.3. The molecule has 0 nitrogen and oxygen atoms in total. The summed E-state index contributed by atoms with van der Waals surface area (Å²) in [6, 6.07) is 13.5. The molecule has 18 heavy (non-hydrogen) atoms. The molecule has 0 radical (unpaired) electrons. The molecule has 2 aromatic rings. The first-order valence-electron chi connectivity index (χ1n) is 6.02. The summed E-state index contributed by atoms with van der Waals surface area (Å²) in [5, 5.41) is 0. The summed E-state index contributed by atoms with van der Waals surface area (Å²) in [4.78, 5) is 0.223. The summed E-state index contributed by atoms with van der Waals surface area (Å²) in [5.74, 6) is -0.159. The average molecular weight is 307 g/mol. The second kappa shape index (κ2) is 5.66. The second-order valence-corrected chi connectivity index (χ2v) is 5.72. The topological polar surface area (TPSA) is 0 Å². The summed E-state index contributed by atoms with van der Waals surface area (Å²) >= 11 is 3.73. The number of benzene rings is 2. The lowest BCUT2D eigenvalue weighted by Crippen LogP contribution is -2.01. The predicted octanol–water partition coefficient (Wildman–Crippen LogP) is 5.12. The van der Waals surface area contributed by atoms with Crippen LogP contribution in [-0.4, -0.2) is 0 Å². The van der Waals surface area contributed by atoms with Gasteiger partial charge >= 0.3 is 0 Å². The van der Waals surface area contributed by atoms with Gasteiger partial charge in [0.25, 0.3) is 0 Å². The average Bonchev–Trinajstić information content (AvgIpc) is 2.28. The Bertz CT molecular complexity index is 511. The van der Waals surface area contributed by atoms with E-state index in [1.165, 1.54) is 11.1 Å². The van der Waals surface area contributed by atoms with E-state index >= 15 is 0 Å². The van der Waals surface area contributed by atoms with Crippen molar-refractivity contribution >= 4 is 15.9 Å². The third-order valence-electron chi connectivity index (χ3n) is 3.13. The molecule has 2 rings (SSSR count). The molecule has 2 heteroatoms. The second-order valence-electron chi connectivity index (χ2n) is 4.61. The van der Waals surface area contributed by atoms with Gasteiger partial charge in [-0.1, -0.05) is 46.3 Å². The predicted molar refractivity (Wildman–Crippen MR) is 77.7 cm³/mol. The Morgan fingerprint density at radius 1 is 1.06 bits per heavy atom. The smallest absolute Gasteiger partial charge is 0.123 e. The Kier molecular flexibility index (Phi) is 4.18. The van der Waals surface area contributed by atoms with Gasteiger partial charge in [-0.05, 0) is 54.7 Å². The first kappa shape index (κ1) is 13.3. The highest BCUT2D eigenvalue weighted by atomic mass is 79.9. The van der Waals surface area contributed by atoms with Gasteiger partial charge in [-0.3, -0.25) is 0 Å². The van der Waals surface area contributed by atoms with Gasteiger partial charge in [-0.2, -0.15) is 0 Å². The van der Waals surface area contributed by atoms with E-state index in [1.54, 1.807) is 12.1 Å². The fourth-order valence-corrected chi connectivity index (χ4v) is 3.44. The van der Waals surface area contributed by atoms with E-state index in [1.807, 2.05) is 32.0 Å². The maximum Gasteiger partial charge on any atom is 0.123 e. The van der Waals surface area contributed by atoms with Crippen LogP contribution >= 0.6 is 15.9 Å². The van der Waals surface area contributed by atoms with E-state index in [0.29, 0.717) is 0 Å². The molecule has 1 atom stereocenters. The van der Waals surface area contributed by atoms with Crippen LogP contribution in [0.5, 0.6) is 0 Å². The quantitative estimate of drug-likeness (QED) is 0.690. The Labute approximate surface area is 116 Å². The fraction of sp³-hybridized carbons (Fsp3) is 0.250. The monoisotopic (exact) mass is 306 g/mol. The summed E-state index contributed by atoms with van der Waals surface area (Å²) in [6.07, 6.45) is 0.911. The van der Waals surface area contributed by atoms with E-state index < -0.39 is 0 Å². The highest BCUT2D eigenvalue weighted by Gasteiger charge is 2.14. The molecular weight excluding hydrogens is 291 g/mol. The SMILES string of the molecule is Cc1cc(F)cc(C)c1C(Br)Cc1ccccc1. The maximum absolute atomic E-state index is 13.3. The molecule has 2 aromatic carbocycles. The molecule has 0 N–H and O–H groups in total. The van der Waals surface area contributed by atoms with Crippen molar-refractivity contribution in [1.29, 1.82) is 0 Å². The lowest BCUT2D eigenvalue weighted by atomic mass is 9.96. The van der Waals surface area contributed by atoms with Gasteiger partial charge in [0, 0.05) is 4.83 Å². The Morgan fingerprint density at radius 3 is 2.17 bits per heavy atom. The molecular formula is C16H16BrF. The number of hydrogen-bond acceptors (Lipinski definition) is 0. The summed E-state index contributed by atoms with van der Waals surface area (Å²) in [5.41, 5.74) is 4.48. The van der Waals surface area contributed by atoms with Gasteiger partial charge in [0.2, 0.25) is 0 Å². The minimum Gasteiger partial charge on any atom is -0.207 e. The lowest BCUT2D eigenvalue weighted by molar-refractivity contribution is 0.624. The Hall–Kier alpha value is -1.15. The van der Waals surface area contributed by atoms with Crippen molar-refractivity contribution in [2.45, 2.75) is 25.1 Å². The zero-order valence-electron chi connectivity index (χ0n) is 10.6. The van der Waals surface area contributed by atoms with Crippen LogP contribution in [0.15, 0.2) is 42.5 Å². The van der Waals surface area contributed by atoms with Crippen molar-refractivity contribution in [1.82, 2.24) is 0 Å². The lowest BCUT2D eigenvalue weighted by Gasteiger charge is -2.16. The Morgan fingerprint density at radius 2 is 1.61 bits per heavy atom. The maximum atomic E-state index is 13.3. The molecule has 0 spiro atoms. The highest BCUT2D eigenvalue weighted by Crippen LogP contribution is 2.32. The third kappa shape index (κ3) is 2.99. The molecule has 94 valence electrons. The third-order valence-corrected chi connectivity index (χ3v) is 3.91. The number of rotatable bonds is 3. The molecule has 0 aromatic heterocycles. The number of alkyl halides is 1. The standard InChI is InChI=1S/C16H16BrF/c1-11-8-14(18)9-12(2)16(11)15(17)10-13-6-4-3-5-7-13/h3-9,15H,10H2,1-2H3. The van der Waals surface area contributed by atoms with Crippen molar-refractivity contribution in [2.24, 2.45) is 0 Å². The Balaban J connectivity index is 2.27. The first-order chi connectivity index (χ1) is 8.58. The van der Waals surface area contributed by atoms with E-state index in [2.05, 4.69) is 28.1 Å². The first-order valence-corrected chi connectivity index (χ1v) is 6.94. The molecule has 0 amide bonds.